The van der Waals surface area contributed by atoms with Crippen molar-refractivity contribution >= 4 is 39.5 Å². The number of unbranched alkanes of at least 4 members (excludes halogenated alkanes) is 28. The normalized spacial score (nSPS) is 15.0. The van der Waals surface area contributed by atoms with Crippen LogP contribution in [-0.4, -0.2) is 96.7 Å². The zero-order chi connectivity index (χ0) is 63.9. The predicted octanol–water partition coefficient (Wildman–Crippen LogP) is 18.5. The van der Waals surface area contributed by atoms with Crippen LogP contribution in [0.5, 0.6) is 0 Å². The molecule has 0 radical (unpaired) electrons. The van der Waals surface area contributed by atoms with Crippen molar-refractivity contribution in [3.63, 3.8) is 0 Å². The van der Waals surface area contributed by atoms with E-state index < -0.39 is 97.5 Å². The van der Waals surface area contributed by atoms with Crippen molar-refractivity contribution < 1.29 is 80.2 Å². The minimum absolute atomic E-state index is 0.102. The lowest BCUT2D eigenvalue weighted by Gasteiger charge is -2.21. The van der Waals surface area contributed by atoms with Crippen LogP contribution in [-0.2, 0) is 65.4 Å². The number of phosphoric ester groups is 2. The highest BCUT2D eigenvalue weighted by Gasteiger charge is 2.30. The van der Waals surface area contributed by atoms with Crippen molar-refractivity contribution in [1.82, 2.24) is 0 Å². The van der Waals surface area contributed by atoms with Gasteiger partial charge in [-0.3, -0.25) is 37.3 Å². The van der Waals surface area contributed by atoms with Crippen LogP contribution in [0.1, 0.15) is 325 Å². The van der Waals surface area contributed by atoms with E-state index >= 15 is 0 Å². The summed E-state index contributed by atoms with van der Waals surface area (Å²) in [5.41, 5.74) is 0. The van der Waals surface area contributed by atoms with Gasteiger partial charge >= 0.3 is 39.5 Å². The number of hydrogen-bond acceptors (Lipinski definition) is 15. The van der Waals surface area contributed by atoms with E-state index in [1.165, 1.54) is 128 Å². The molecule has 0 aromatic carbocycles. The van der Waals surface area contributed by atoms with Gasteiger partial charge in [-0.15, -0.1) is 0 Å². The van der Waals surface area contributed by atoms with Crippen LogP contribution in [0.2, 0.25) is 0 Å². The largest absolute Gasteiger partial charge is 0.472 e. The Kier molecular flexibility index (Phi) is 55.7. The Balaban J connectivity index is 5.27. The Labute approximate surface area is 524 Å². The second-order valence-corrected chi connectivity index (χ2v) is 28.6. The van der Waals surface area contributed by atoms with E-state index in [0.29, 0.717) is 25.7 Å². The lowest BCUT2D eigenvalue weighted by atomic mass is 9.99. The Morgan fingerprint density at radius 3 is 0.826 bits per heavy atom. The molecule has 0 rings (SSSR count). The topological polar surface area (TPSA) is 237 Å². The summed E-state index contributed by atoms with van der Waals surface area (Å²) in [6.45, 7) is 14.0. The fourth-order valence-corrected chi connectivity index (χ4v) is 11.5. The minimum atomic E-state index is -4.95. The zero-order valence-electron chi connectivity index (χ0n) is 55.9. The number of rotatable bonds is 64. The van der Waals surface area contributed by atoms with Gasteiger partial charge in [0.1, 0.15) is 19.3 Å². The molecule has 0 aliphatic heterocycles. The van der Waals surface area contributed by atoms with Crippen molar-refractivity contribution in [3.05, 3.63) is 0 Å². The van der Waals surface area contributed by atoms with Gasteiger partial charge in [-0.1, -0.05) is 274 Å². The van der Waals surface area contributed by atoms with Gasteiger partial charge < -0.3 is 33.8 Å². The summed E-state index contributed by atoms with van der Waals surface area (Å²) in [5, 5.41) is 10.6. The van der Waals surface area contributed by atoms with Gasteiger partial charge in [-0.05, 0) is 49.4 Å². The molecule has 0 aromatic heterocycles. The second-order valence-electron chi connectivity index (χ2n) is 25.6. The average molecular weight is 1270 g/mol. The molecule has 7 atom stereocenters. The summed E-state index contributed by atoms with van der Waals surface area (Å²) in [5.74, 6) is 0.839. The first-order valence-corrected chi connectivity index (χ1v) is 37.8. The van der Waals surface area contributed by atoms with Crippen LogP contribution in [0.25, 0.3) is 0 Å². The van der Waals surface area contributed by atoms with E-state index in [2.05, 4.69) is 55.4 Å². The number of carbonyl (C=O) groups is 4. The van der Waals surface area contributed by atoms with Crippen molar-refractivity contribution in [2.45, 2.75) is 343 Å². The number of hydrogen-bond donors (Lipinski definition) is 3. The summed E-state index contributed by atoms with van der Waals surface area (Å²) in [4.78, 5) is 72.4. The van der Waals surface area contributed by atoms with Crippen LogP contribution in [0.4, 0.5) is 0 Å². The molecule has 0 amide bonds. The van der Waals surface area contributed by atoms with Crippen molar-refractivity contribution in [1.29, 1.82) is 0 Å². The molecule has 0 fully saturated rings. The molecular weight excluding hydrogens is 1140 g/mol. The van der Waals surface area contributed by atoms with Crippen LogP contribution in [0.3, 0.4) is 0 Å². The van der Waals surface area contributed by atoms with Gasteiger partial charge in [0, 0.05) is 25.7 Å². The molecule has 0 saturated carbocycles. The molecule has 510 valence electrons. The molecule has 0 heterocycles. The van der Waals surface area contributed by atoms with E-state index in [1.54, 1.807) is 0 Å². The third-order valence-electron chi connectivity index (χ3n) is 16.0. The van der Waals surface area contributed by atoms with Gasteiger partial charge in [0.15, 0.2) is 12.2 Å². The fraction of sp³-hybridized carbons (Fsp3) is 0.940. The molecule has 0 aliphatic rings. The van der Waals surface area contributed by atoms with Crippen molar-refractivity contribution in [2.75, 3.05) is 39.6 Å². The number of ether oxygens (including phenoxy) is 4. The van der Waals surface area contributed by atoms with Crippen LogP contribution >= 0.6 is 15.6 Å². The Hall–Kier alpha value is -1.94. The maximum absolute atomic E-state index is 13.0. The van der Waals surface area contributed by atoms with Gasteiger partial charge in [0.25, 0.3) is 0 Å². The highest BCUT2D eigenvalue weighted by atomic mass is 31.2. The third kappa shape index (κ3) is 58.4. The molecule has 0 spiro atoms. The lowest BCUT2D eigenvalue weighted by Crippen LogP contribution is -2.30. The highest BCUT2D eigenvalue weighted by molar-refractivity contribution is 7.47. The molecule has 0 aliphatic carbocycles. The molecule has 0 saturated heterocycles. The molecular formula is C67H130O17P2. The quantitative estimate of drug-likeness (QED) is 0.0222. The number of aliphatic hydroxyl groups is 1. The van der Waals surface area contributed by atoms with E-state index in [-0.39, 0.29) is 25.7 Å². The van der Waals surface area contributed by atoms with Crippen molar-refractivity contribution in [3.8, 4) is 0 Å². The van der Waals surface area contributed by atoms with E-state index in [0.717, 1.165) is 114 Å². The lowest BCUT2D eigenvalue weighted by molar-refractivity contribution is -0.161. The Morgan fingerprint density at radius 2 is 0.558 bits per heavy atom. The molecule has 0 aromatic rings. The van der Waals surface area contributed by atoms with E-state index in [9.17, 15) is 43.2 Å². The van der Waals surface area contributed by atoms with Crippen molar-refractivity contribution in [2.24, 2.45) is 23.7 Å². The van der Waals surface area contributed by atoms with Gasteiger partial charge in [0.05, 0.1) is 26.4 Å². The fourth-order valence-electron chi connectivity index (χ4n) is 9.89. The van der Waals surface area contributed by atoms with Crippen LogP contribution < -0.4 is 0 Å². The predicted molar refractivity (Wildman–Crippen MR) is 344 cm³/mol. The number of esters is 4. The average Bonchev–Trinajstić information content (AvgIpc) is 3.68. The Bertz CT molecular complexity index is 1720. The van der Waals surface area contributed by atoms with E-state index in [4.69, 9.17) is 37.0 Å². The van der Waals surface area contributed by atoms with Crippen LogP contribution in [0.15, 0.2) is 0 Å². The molecule has 19 heteroatoms. The highest BCUT2D eigenvalue weighted by Crippen LogP contribution is 2.45. The second kappa shape index (κ2) is 57.0. The molecule has 0 bridgehead atoms. The first kappa shape index (κ1) is 84.1. The zero-order valence-corrected chi connectivity index (χ0v) is 57.7. The summed E-state index contributed by atoms with van der Waals surface area (Å²) >= 11 is 0. The minimum Gasteiger partial charge on any atom is -0.462 e. The summed E-state index contributed by atoms with van der Waals surface area (Å²) in [7, 11) is -9.90. The SMILES string of the molecule is CCC(C)CCCCCCCCCCC(=O)OC[C@H](COP(=O)(O)OCC(O)COP(=O)(O)OC[C@@H](COC(=O)CCCCCCCCCCC(C)C)OC(=O)CCCCCCCCC(C)CC)OC(=O)CCCCCCCCCCCCC(C)C. The molecule has 3 N–H and O–H groups in total. The van der Waals surface area contributed by atoms with E-state index in [1.807, 2.05) is 0 Å². The maximum atomic E-state index is 13.0. The molecule has 86 heavy (non-hydrogen) atoms. The summed E-state index contributed by atoms with van der Waals surface area (Å²) in [6, 6.07) is 0. The monoisotopic (exact) mass is 1270 g/mol. The number of aliphatic hydroxyl groups excluding tert-OH is 1. The van der Waals surface area contributed by atoms with Crippen LogP contribution in [0, 0.1) is 23.7 Å². The molecule has 5 unspecified atom stereocenters. The summed E-state index contributed by atoms with van der Waals surface area (Å²) < 4.78 is 68.1. The standard InChI is InChI=1S/C67H130O17P2/c1-9-59(7)45-37-29-21-16-18-23-32-40-48-65(70)77-53-62(83-66(71)49-41-33-24-14-12-11-13-19-27-35-43-57(3)4)55-81-85(73,74)79-51-61(68)52-80-86(75,76)82-56-63(84-67(72)50-42-34-26-25-30-38-46-60(8)10-2)54-78-64(69)47-39-31-22-17-15-20-28-36-44-58(5)6/h57-63,68H,9-56H2,1-8H3,(H,73,74)(H,75,76)/t59?,60?,61?,62-,63-/m1/s1. The first-order chi connectivity index (χ1) is 41.2. The molecule has 17 nitrogen and oxygen atoms in total. The van der Waals surface area contributed by atoms with Gasteiger partial charge in [0.2, 0.25) is 0 Å². The number of carbonyl (C=O) groups excluding carboxylic acids is 4. The Morgan fingerprint density at radius 1 is 0.326 bits per heavy atom. The van der Waals surface area contributed by atoms with Gasteiger partial charge in [-0.25, -0.2) is 9.13 Å². The van der Waals surface area contributed by atoms with Gasteiger partial charge in [-0.2, -0.15) is 0 Å². The smallest absolute Gasteiger partial charge is 0.462 e. The first-order valence-electron chi connectivity index (χ1n) is 34.8. The summed E-state index contributed by atoms with van der Waals surface area (Å²) in [6.07, 6.45) is 37.6. The maximum Gasteiger partial charge on any atom is 0.472 e. The number of phosphoric acid groups is 2. The third-order valence-corrected chi connectivity index (χ3v) is 17.9.